The molecule has 7 nitrogen and oxygen atoms in total. The topological polar surface area (TPSA) is 83.4 Å². The van der Waals surface area contributed by atoms with Gasteiger partial charge in [-0.05, 0) is 19.9 Å². The molecule has 25 heavy (non-hydrogen) atoms. The van der Waals surface area contributed by atoms with Crippen LogP contribution in [0.3, 0.4) is 0 Å². The van der Waals surface area contributed by atoms with Crippen LogP contribution < -0.4 is 9.47 Å². The van der Waals surface area contributed by atoms with E-state index >= 15 is 0 Å². The summed E-state index contributed by atoms with van der Waals surface area (Å²) in [7, 11) is 2.61. The molecule has 2 aliphatic heterocycles. The second-order valence-electron chi connectivity index (χ2n) is 5.80. The lowest BCUT2D eigenvalue weighted by atomic mass is 9.75. The number of esters is 2. The van der Waals surface area contributed by atoms with Gasteiger partial charge >= 0.3 is 11.9 Å². The highest BCUT2D eigenvalue weighted by Crippen LogP contribution is 2.47. The summed E-state index contributed by atoms with van der Waals surface area (Å²) in [6.45, 7) is 3.55. The van der Waals surface area contributed by atoms with Gasteiger partial charge in [0, 0.05) is 22.9 Å². The van der Waals surface area contributed by atoms with E-state index in [1.807, 2.05) is 6.07 Å². The predicted molar refractivity (Wildman–Crippen MR) is 88.6 cm³/mol. The summed E-state index contributed by atoms with van der Waals surface area (Å²) < 4.78 is 20.9. The van der Waals surface area contributed by atoms with E-state index in [0.717, 1.165) is 0 Å². The van der Waals surface area contributed by atoms with Crippen molar-refractivity contribution >= 4 is 17.7 Å². The lowest BCUT2D eigenvalue weighted by Crippen LogP contribution is -2.36. The van der Waals surface area contributed by atoms with E-state index in [0.29, 0.717) is 34.0 Å². The van der Waals surface area contributed by atoms with Gasteiger partial charge in [-0.3, -0.25) is 9.79 Å². The Kier molecular flexibility index (Phi) is 4.48. The molecule has 0 spiro atoms. The first-order chi connectivity index (χ1) is 12.0. The van der Waals surface area contributed by atoms with Gasteiger partial charge in [0.2, 0.25) is 6.79 Å². The summed E-state index contributed by atoms with van der Waals surface area (Å²) in [6.07, 6.45) is 0. The Morgan fingerprint density at radius 3 is 2.60 bits per heavy atom. The summed E-state index contributed by atoms with van der Waals surface area (Å²) in [5.41, 5.74) is 2.05. The number of para-hydroxylation sites is 1. The summed E-state index contributed by atoms with van der Waals surface area (Å²) >= 11 is 0. The first-order valence-electron chi connectivity index (χ1n) is 7.80. The van der Waals surface area contributed by atoms with Gasteiger partial charge < -0.3 is 18.9 Å². The quantitative estimate of drug-likeness (QED) is 0.781. The van der Waals surface area contributed by atoms with Crippen molar-refractivity contribution in [3.63, 3.8) is 0 Å². The molecule has 0 amide bonds. The van der Waals surface area contributed by atoms with Gasteiger partial charge in [-0.25, -0.2) is 4.79 Å². The first kappa shape index (κ1) is 17.0. The first-order valence-corrected chi connectivity index (χ1v) is 7.80. The molecule has 0 aliphatic carbocycles. The lowest BCUT2D eigenvalue weighted by Gasteiger charge is -2.31. The molecule has 2 heterocycles. The fourth-order valence-corrected chi connectivity index (χ4v) is 3.38. The van der Waals surface area contributed by atoms with Crippen LogP contribution in [0.25, 0.3) is 0 Å². The normalized spacial score (nSPS) is 21.7. The number of carbonyl (C=O) groups excluding carboxylic acids is 2. The van der Waals surface area contributed by atoms with Crippen LogP contribution >= 0.6 is 0 Å². The molecule has 0 saturated carbocycles. The van der Waals surface area contributed by atoms with E-state index < -0.39 is 23.8 Å². The Hall–Kier alpha value is -2.83. The van der Waals surface area contributed by atoms with Crippen molar-refractivity contribution in [2.75, 3.05) is 21.0 Å². The van der Waals surface area contributed by atoms with E-state index in [4.69, 9.17) is 18.9 Å². The molecular formula is C18H19NO6. The van der Waals surface area contributed by atoms with Gasteiger partial charge in [0.1, 0.15) is 5.92 Å². The zero-order valence-corrected chi connectivity index (χ0v) is 14.5. The molecule has 1 aromatic rings. The Morgan fingerprint density at radius 2 is 1.92 bits per heavy atom. The number of fused-ring (bicyclic) bond motifs is 1. The maximum atomic E-state index is 12.5. The zero-order chi connectivity index (χ0) is 18.1. The minimum Gasteiger partial charge on any atom is -0.468 e. The van der Waals surface area contributed by atoms with E-state index in [-0.39, 0.29) is 6.79 Å². The van der Waals surface area contributed by atoms with Crippen LogP contribution in [0.2, 0.25) is 0 Å². The van der Waals surface area contributed by atoms with Gasteiger partial charge in [-0.15, -0.1) is 0 Å². The zero-order valence-electron chi connectivity index (χ0n) is 14.5. The number of rotatable bonds is 3. The number of ether oxygens (including phenoxy) is 4. The second kappa shape index (κ2) is 6.58. The third-order valence-electron chi connectivity index (χ3n) is 4.45. The van der Waals surface area contributed by atoms with Crippen LogP contribution in [0, 0.1) is 5.92 Å². The maximum absolute atomic E-state index is 12.5. The van der Waals surface area contributed by atoms with Gasteiger partial charge in [-0.2, -0.15) is 0 Å². The molecule has 2 aliphatic rings. The fourth-order valence-electron chi connectivity index (χ4n) is 3.38. The molecule has 0 bridgehead atoms. The van der Waals surface area contributed by atoms with Crippen LogP contribution in [-0.4, -0.2) is 38.7 Å². The number of allylic oxidation sites excluding steroid dienone is 1. The molecule has 0 fully saturated rings. The van der Waals surface area contributed by atoms with Crippen molar-refractivity contribution in [2.45, 2.75) is 19.8 Å². The number of aliphatic imine (C=N–C) groups is 1. The smallest absolute Gasteiger partial charge is 0.336 e. The molecule has 7 heteroatoms. The summed E-state index contributed by atoms with van der Waals surface area (Å²) in [5.74, 6) is -1.30. The number of hydrogen-bond donors (Lipinski definition) is 0. The van der Waals surface area contributed by atoms with Crippen LogP contribution in [0.15, 0.2) is 34.5 Å². The van der Waals surface area contributed by atoms with Crippen molar-refractivity contribution in [2.24, 2.45) is 10.9 Å². The molecular weight excluding hydrogens is 326 g/mol. The highest BCUT2D eigenvalue weighted by Gasteiger charge is 2.44. The third kappa shape index (κ3) is 2.75. The largest absolute Gasteiger partial charge is 0.468 e. The van der Waals surface area contributed by atoms with Crippen molar-refractivity contribution in [3.8, 4) is 11.5 Å². The fraction of sp³-hybridized carbons (Fsp3) is 0.389. The van der Waals surface area contributed by atoms with E-state index in [1.165, 1.54) is 14.2 Å². The van der Waals surface area contributed by atoms with E-state index in [2.05, 4.69) is 4.99 Å². The third-order valence-corrected chi connectivity index (χ3v) is 4.45. The molecule has 0 N–H and O–H groups in total. The second-order valence-corrected chi connectivity index (χ2v) is 5.80. The standard InChI is InChI=1S/C18H19NO6/c1-9-13(17(20)22-3)15(14(10(2)19-9)18(21)23-4)11-6-5-7-12-16(11)25-8-24-12/h5-7,13,15H,8H2,1-4H3. The van der Waals surface area contributed by atoms with Crippen molar-refractivity contribution in [1.29, 1.82) is 0 Å². The Morgan fingerprint density at radius 1 is 1.16 bits per heavy atom. The van der Waals surface area contributed by atoms with Crippen LogP contribution in [0.5, 0.6) is 11.5 Å². The number of methoxy groups -OCH3 is 2. The van der Waals surface area contributed by atoms with Crippen molar-refractivity contribution in [1.82, 2.24) is 0 Å². The average molecular weight is 345 g/mol. The van der Waals surface area contributed by atoms with Gasteiger partial charge in [0.15, 0.2) is 11.5 Å². The van der Waals surface area contributed by atoms with Gasteiger partial charge in [0.05, 0.1) is 19.8 Å². The monoisotopic (exact) mass is 345 g/mol. The number of nitrogens with zero attached hydrogens (tertiary/aromatic N) is 1. The summed E-state index contributed by atoms with van der Waals surface area (Å²) in [4.78, 5) is 29.3. The van der Waals surface area contributed by atoms with Crippen LogP contribution in [0.1, 0.15) is 25.3 Å². The minimum atomic E-state index is -0.751. The number of carbonyl (C=O) groups is 2. The van der Waals surface area contributed by atoms with Crippen molar-refractivity contribution < 1.29 is 28.5 Å². The SMILES string of the molecule is COC(=O)C1=C(C)N=C(C)C(C(=O)OC)C1c1cccc2c1OCO2. The molecule has 0 saturated heterocycles. The Balaban J connectivity index is 2.23. The molecule has 3 rings (SSSR count). The van der Waals surface area contributed by atoms with Crippen LogP contribution in [0.4, 0.5) is 0 Å². The summed E-state index contributed by atoms with van der Waals surface area (Å²) in [5, 5.41) is 0. The molecule has 2 unspecified atom stereocenters. The Bertz CT molecular complexity index is 795. The predicted octanol–water partition coefficient (Wildman–Crippen LogP) is 2.21. The van der Waals surface area contributed by atoms with Gasteiger partial charge in [-0.1, -0.05) is 12.1 Å². The Labute approximate surface area is 145 Å². The van der Waals surface area contributed by atoms with E-state index in [9.17, 15) is 9.59 Å². The van der Waals surface area contributed by atoms with Gasteiger partial charge in [0.25, 0.3) is 0 Å². The number of benzene rings is 1. The van der Waals surface area contributed by atoms with E-state index in [1.54, 1.807) is 26.0 Å². The molecule has 2 atom stereocenters. The average Bonchev–Trinajstić information content (AvgIpc) is 3.08. The molecule has 132 valence electrons. The molecule has 1 aromatic carbocycles. The summed E-state index contributed by atoms with van der Waals surface area (Å²) in [6, 6.07) is 5.38. The highest BCUT2D eigenvalue weighted by atomic mass is 16.7. The lowest BCUT2D eigenvalue weighted by molar-refractivity contribution is -0.143. The number of hydrogen-bond acceptors (Lipinski definition) is 7. The van der Waals surface area contributed by atoms with Crippen molar-refractivity contribution in [3.05, 3.63) is 35.0 Å². The molecule has 0 aromatic heterocycles. The highest BCUT2D eigenvalue weighted by molar-refractivity contribution is 6.07. The molecule has 0 radical (unpaired) electrons. The maximum Gasteiger partial charge on any atom is 0.336 e. The van der Waals surface area contributed by atoms with Crippen LogP contribution in [-0.2, 0) is 19.1 Å². The minimum absolute atomic E-state index is 0.0886.